The third-order valence-corrected chi connectivity index (χ3v) is 4.46. The Bertz CT molecular complexity index is 597. The number of carbonyl (C=O) groups excluding carboxylic acids is 1. The normalized spacial score (nSPS) is 19.4. The molecule has 0 atom stereocenters. The Morgan fingerprint density at radius 1 is 1.36 bits per heavy atom. The van der Waals surface area contributed by atoms with Gasteiger partial charge in [-0.1, -0.05) is 36.0 Å². The second-order valence-electron chi connectivity index (χ2n) is 4.68. The van der Waals surface area contributed by atoms with Crippen LogP contribution in [0.25, 0.3) is 4.91 Å². The zero-order valence-electron chi connectivity index (χ0n) is 11.8. The molecule has 0 spiro atoms. The number of thioether (sulfide) groups is 1. The summed E-state index contributed by atoms with van der Waals surface area (Å²) in [6.07, 6.45) is 4.79. The van der Waals surface area contributed by atoms with E-state index < -0.39 is 6.61 Å². The number of hydrogen-bond donors (Lipinski definition) is 1. The van der Waals surface area contributed by atoms with Crippen LogP contribution in [0, 0.1) is 0 Å². The number of ether oxygens (including phenoxy) is 1. The first-order valence-corrected chi connectivity index (χ1v) is 7.67. The minimum absolute atomic E-state index is 0.0765. The Morgan fingerprint density at radius 2 is 2.14 bits per heavy atom. The van der Waals surface area contributed by atoms with Crippen LogP contribution in [0.5, 0.6) is 5.75 Å². The lowest BCUT2D eigenvalue weighted by Crippen LogP contribution is -2.04. The largest absolute Gasteiger partial charge is 0.434 e. The standard InChI is InChI=1S/C16H16F2O3S/c17-16(18)21-13-7-3-2-6-12(13)14-8-4-1-5-11(9-19)15(10-20)22-14/h2-3,6-8,10,16,19H,1,4-5,9H2/b14-8?,15-11+. The Kier molecular flexibility index (Phi) is 6.15. The van der Waals surface area contributed by atoms with Crippen LogP contribution in [0.3, 0.4) is 0 Å². The van der Waals surface area contributed by atoms with Crippen molar-refractivity contribution in [1.82, 2.24) is 0 Å². The lowest BCUT2D eigenvalue weighted by atomic mass is 10.1. The van der Waals surface area contributed by atoms with Gasteiger partial charge < -0.3 is 9.84 Å². The number of rotatable bonds is 5. The summed E-state index contributed by atoms with van der Waals surface area (Å²) in [5.74, 6) is 0.0765. The highest BCUT2D eigenvalue weighted by Crippen LogP contribution is 2.41. The molecule has 0 saturated heterocycles. The summed E-state index contributed by atoms with van der Waals surface area (Å²) >= 11 is 1.18. The summed E-state index contributed by atoms with van der Waals surface area (Å²) < 4.78 is 29.6. The maximum atomic E-state index is 12.5. The third-order valence-electron chi connectivity index (χ3n) is 3.25. The van der Waals surface area contributed by atoms with E-state index in [0.29, 0.717) is 33.7 Å². The second kappa shape index (κ2) is 8.10. The van der Waals surface area contributed by atoms with Crippen molar-refractivity contribution in [1.29, 1.82) is 0 Å². The number of carbonyl (C=O) groups is 1. The molecule has 1 N–H and O–H groups in total. The Balaban J connectivity index is 2.38. The predicted molar refractivity (Wildman–Crippen MR) is 82.7 cm³/mol. The molecule has 3 nitrogen and oxygen atoms in total. The molecule has 1 aliphatic heterocycles. The van der Waals surface area contributed by atoms with Crippen LogP contribution in [0.1, 0.15) is 24.8 Å². The van der Waals surface area contributed by atoms with E-state index in [1.807, 2.05) is 6.08 Å². The van der Waals surface area contributed by atoms with Crippen molar-refractivity contribution < 1.29 is 23.4 Å². The van der Waals surface area contributed by atoms with E-state index in [1.54, 1.807) is 18.2 Å². The fourth-order valence-electron chi connectivity index (χ4n) is 2.20. The first kappa shape index (κ1) is 16.7. The van der Waals surface area contributed by atoms with Gasteiger partial charge in [-0.3, -0.25) is 4.79 Å². The highest BCUT2D eigenvalue weighted by atomic mass is 32.2. The van der Waals surface area contributed by atoms with Crippen molar-refractivity contribution >= 4 is 23.0 Å². The molecule has 22 heavy (non-hydrogen) atoms. The van der Waals surface area contributed by atoms with Gasteiger partial charge in [0.25, 0.3) is 0 Å². The first-order valence-electron chi connectivity index (χ1n) is 6.86. The molecule has 1 aromatic carbocycles. The summed E-state index contributed by atoms with van der Waals surface area (Å²) in [7, 11) is 0. The highest BCUT2D eigenvalue weighted by molar-refractivity contribution is 8.12. The van der Waals surface area contributed by atoms with E-state index in [2.05, 4.69) is 4.74 Å². The van der Waals surface area contributed by atoms with Gasteiger partial charge in [0.2, 0.25) is 0 Å². The quantitative estimate of drug-likeness (QED) is 0.831. The molecule has 1 aromatic rings. The molecular formula is C16H16F2O3S. The molecule has 0 amide bonds. The molecular weight excluding hydrogens is 310 g/mol. The van der Waals surface area contributed by atoms with Gasteiger partial charge in [0.1, 0.15) is 5.75 Å². The molecule has 0 fully saturated rings. The molecule has 1 aliphatic rings. The number of alkyl halides is 2. The highest BCUT2D eigenvalue weighted by Gasteiger charge is 2.17. The summed E-state index contributed by atoms with van der Waals surface area (Å²) in [5.41, 5.74) is 1.20. The molecule has 0 aliphatic carbocycles. The lowest BCUT2D eigenvalue weighted by Gasteiger charge is -2.17. The Hall–Kier alpha value is -1.66. The van der Waals surface area contributed by atoms with Crippen molar-refractivity contribution in [3.8, 4) is 5.75 Å². The zero-order chi connectivity index (χ0) is 15.9. The van der Waals surface area contributed by atoms with Crippen LogP contribution in [0.15, 0.2) is 40.8 Å². The van der Waals surface area contributed by atoms with Gasteiger partial charge in [0.15, 0.2) is 6.29 Å². The number of aliphatic hydroxyl groups excluding tert-OH is 1. The summed E-state index contributed by atoms with van der Waals surface area (Å²) in [6.45, 7) is -3.09. The number of allylic oxidation sites excluding steroid dienone is 2. The minimum Gasteiger partial charge on any atom is -0.434 e. The van der Waals surface area contributed by atoms with Crippen LogP contribution in [0.2, 0.25) is 0 Å². The molecule has 2 rings (SSSR count). The predicted octanol–water partition coefficient (Wildman–Crippen LogP) is 3.99. The fourth-order valence-corrected chi connectivity index (χ4v) is 3.28. The molecule has 0 bridgehead atoms. The molecule has 0 aromatic heterocycles. The van der Waals surface area contributed by atoms with Crippen molar-refractivity contribution in [2.24, 2.45) is 0 Å². The van der Waals surface area contributed by atoms with Crippen LogP contribution in [-0.4, -0.2) is 24.6 Å². The Morgan fingerprint density at radius 3 is 2.82 bits per heavy atom. The molecule has 118 valence electrons. The van der Waals surface area contributed by atoms with E-state index >= 15 is 0 Å². The van der Waals surface area contributed by atoms with Crippen LogP contribution in [0.4, 0.5) is 8.78 Å². The van der Waals surface area contributed by atoms with E-state index in [1.165, 1.54) is 17.8 Å². The average Bonchev–Trinajstić information content (AvgIpc) is 2.48. The van der Waals surface area contributed by atoms with Gasteiger partial charge in [0, 0.05) is 10.5 Å². The SMILES string of the molecule is O=C/C1=C(\CO)CCCC=C(c2ccccc2OC(F)F)S1. The number of hydrogen-bond acceptors (Lipinski definition) is 4. The van der Waals surface area contributed by atoms with Crippen LogP contribution >= 0.6 is 11.8 Å². The Labute approximate surface area is 131 Å². The molecule has 0 unspecified atom stereocenters. The monoisotopic (exact) mass is 326 g/mol. The maximum absolute atomic E-state index is 12.5. The number of aldehydes is 1. The van der Waals surface area contributed by atoms with Gasteiger partial charge in [-0.2, -0.15) is 8.78 Å². The van der Waals surface area contributed by atoms with Crippen LogP contribution in [-0.2, 0) is 4.79 Å². The summed E-state index contributed by atoms with van der Waals surface area (Å²) in [6, 6.07) is 6.49. The van der Waals surface area contributed by atoms with Crippen molar-refractivity contribution in [2.75, 3.05) is 6.61 Å². The van der Waals surface area contributed by atoms with Crippen molar-refractivity contribution in [3.05, 3.63) is 46.4 Å². The number of para-hydroxylation sites is 1. The molecule has 0 saturated carbocycles. The number of aliphatic hydroxyl groups is 1. The van der Waals surface area contributed by atoms with Crippen molar-refractivity contribution in [3.63, 3.8) is 0 Å². The molecule has 0 radical (unpaired) electrons. The van der Waals surface area contributed by atoms with Crippen molar-refractivity contribution in [2.45, 2.75) is 25.9 Å². The third kappa shape index (κ3) is 4.18. The topological polar surface area (TPSA) is 46.5 Å². The number of benzene rings is 1. The smallest absolute Gasteiger partial charge is 0.387 e. The minimum atomic E-state index is -2.91. The molecule has 6 heteroatoms. The number of halogens is 2. The summed E-state index contributed by atoms with van der Waals surface area (Å²) in [4.78, 5) is 12.4. The van der Waals surface area contributed by atoms with Gasteiger partial charge in [0.05, 0.1) is 11.5 Å². The van der Waals surface area contributed by atoms with E-state index in [-0.39, 0.29) is 12.4 Å². The summed E-state index contributed by atoms with van der Waals surface area (Å²) in [5, 5.41) is 9.37. The average molecular weight is 326 g/mol. The van der Waals surface area contributed by atoms with Gasteiger partial charge >= 0.3 is 6.61 Å². The molecule has 1 heterocycles. The van der Waals surface area contributed by atoms with Gasteiger partial charge in [-0.05, 0) is 30.9 Å². The van der Waals surface area contributed by atoms with E-state index in [0.717, 1.165) is 12.8 Å². The van der Waals surface area contributed by atoms with Gasteiger partial charge in [-0.25, -0.2) is 0 Å². The maximum Gasteiger partial charge on any atom is 0.387 e. The zero-order valence-corrected chi connectivity index (χ0v) is 12.6. The lowest BCUT2D eigenvalue weighted by molar-refractivity contribution is -0.104. The van der Waals surface area contributed by atoms with Crippen LogP contribution < -0.4 is 4.74 Å². The fraction of sp³-hybridized carbons (Fsp3) is 0.312. The van der Waals surface area contributed by atoms with E-state index in [9.17, 15) is 18.7 Å². The second-order valence-corrected chi connectivity index (χ2v) is 5.76. The van der Waals surface area contributed by atoms with Gasteiger partial charge in [-0.15, -0.1) is 0 Å². The first-order chi connectivity index (χ1) is 10.7. The van der Waals surface area contributed by atoms with E-state index in [4.69, 9.17) is 0 Å².